The van der Waals surface area contributed by atoms with Gasteiger partial charge in [0.1, 0.15) is 0 Å². The molecule has 0 N–H and O–H groups in total. The second kappa shape index (κ2) is 7.92. The number of carbonyl (C=O) groups excluding carboxylic acids is 2. The lowest BCUT2D eigenvalue weighted by Crippen LogP contribution is -2.37. The van der Waals surface area contributed by atoms with Crippen molar-refractivity contribution in [2.75, 3.05) is 11.9 Å². The molecule has 2 aromatic rings. The summed E-state index contributed by atoms with van der Waals surface area (Å²) in [5.41, 5.74) is 1.54. The SMILES string of the molecule is Cc1csc(=O)n1CCC(=O)OC(C)C(=O)N(C)c1ccccc1. The van der Waals surface area contributed by atoms with Crippen LogP contribution in [0.5, 0.6) is 0 Å². The molecule has 1 unspecified atom stereocenters. The Morgan fingerprint density at radius 2 is 1.96 bits per heavy atom. The second-order valence-electron chi connectivity index (χ2n) is 5.41. The van der Waals surface area contributed by atoms with Gasteiger partial charge >= 0.3 is 10.8 Å². The molecule has 0 saturated carbocycles. The minimum absolute atomic E-state index is 0.0458. The van der Waals surface area contributed by atoms with Crippen molar-refractivity contribution < 1.29 is 14.3 Å². The van der Waals surface area contributed by atoms with Crippen molar-refractivity contribution in [2.45, 2.75) is 32.9 Å². The van der Waals surface area contributed by atoms with Crippen LogP contribution in [-0.2, 0) is 20.9 Å². The fourth-order valence-corrected chi connectivity index (χ4v) is 3.00. The summed E-state index contributed by atoms with van der Waals surface area (Å²) in [5, 5.41) is 1.74. The van der Waals surface area contributed by atoms with Gasteiger partial charge in [-0.15, -0.1) is 0 Å². The van der Waals surface area contributed by atoms with E-state index in [-0.39, 0.29) is 23.7 Å². The molecule has 0 aliphatic rings. The van der Waals surface area contributed by atoms with E-state index in [0.717, 1.165) is 22.7 Å². The molecule has 0 radical (unpaired) electrons. The number of nitrogens with zero attached hydrogens (tertiary/aromatic N) is 2. The van der Waals surface area contributed by atoms with Gasteiger partial charge in [0, 0.05) is 30.4 Å². The number of esters is 1. The van der Waals surface area contributed by atoms with Crippen molar-refractivity contribution in [3.8, 4) is 0 Å². The number of hydrogen-bond donors (Lipinski definition) is 0. The molecule has 128 valence electrons. The summed E-state index contributed by atoms with van der Waals surface area (Å²) in [4.78, 5) is 37.2. The van der Waals surface area contributed by atoms with Gasteiger partial charge in [-0.1, -0.05) is 29.5 Å². The zero-order valence-electron chi connectivity index (χ0n) is 13.9. The van der Waals surface area contributed by atoms with Crippen molar-refractivity contribution in [3.05, 3.63) is 51.1 Å². The number of carbonyl (C=O) groups is 2. The quantitative estimate of drug-likeness (QED) is 0.751. The maximum Gasteiger partial charge on any atom is 0.308 e. The van der Waals surface area contributed by atoms with Gasteiger partial charge in [-0.05, 0) is 26.0 Å². The van der Waals surface area contributed by atoms with E-state index in [1.165, 1.54) is 9.47 Å². The van der Waals surface area contributed by atoms with E-state index in [1.807, 2.05) is 25.1 Å². The highest BCUT2D eigenvalue weighted by Crippen LogP contribution is 2.13. The van der Waals surface area contributed by atoms with Gasteiger partial charge in [0.2, 0.25) is 0 Å². The predicted molar refractivity (Wildman–Crippen MR) is 93.3 cm³/mol. The van der Waals surface area contributed by atoms with Gasteiger partial charge in [-0.3, -0.25) is 14.4 Å². The summed E-state index contributed by atoms with van der Waals surface area (Å²) in [5.74, 6) is -0.812. The van der Waals surface area contributed by atoms with E-state index >= 15 is 0 Å². The summed E-state index contributed by atoms with van der Waals surface area (Å²) < 4.78 is 6.71. The van der Waals surface area contributed by atoms with E-state index in [9.17, 15) is 14.4 Å². The van der Waals surface area contributed by atoms with E-state index in [2.05, 4.69) is 0 Å². The molecular formula is C17H20N2O4S. The maximum atomic E-state index is 12.3. The number of likely N-dealkylation sites (N-methyl/N-ethyl adjacent to an activating group) is 1. The summed E-state index contributed by atoms with van der Waals surface area (Å²) in [7, 11) is 1.64. The Bertz CT molecular complexity index is 766. The zero-order chi connectivity index (χ0) is 17.7. The first-order valence-electron chi connectivity index (χ1n) is 7.57. The molecule has 0 bridgehead atoms. The van der Waals surface area contributed by atoms with Crippen LogP contribution < -0.4 is 9.77 Å². The van der Waals surface area contributed by atoms with Crippen molar-refractivity contribution in [1.29, 1.82) is 0 Å². The molecule has 0 aliphatic carbocycles. The molecule has 1 aromatic heterocycles. The van der Waals surface area contributed by atoms with Crippen LogP contribution in [0, 0.1) is 6.92 Å². The number of amides is 1. The number of aromatic nitrogens is 1. The van der Waals surface area contributed by atoms with Crippen LogP contribution >= 0.6 is 11.3 Å². The van der Waals surface area contributed by atoms with Gasteiger partial charge in [0.05, 0.1) is 6.42 Å². The lowest BCUT2D eigenvalue weighted by molar-refractivity contribution is -0.154. The van der Waals surface area contributed by atoms with Crippen molar-refractivity contribution in [1.82, 2.24) is 4.57 Å². The Kier molecular flexibility index (Phi) is 5.92. The van der Waals surface area contributed by atoms with E-state index in [0.29, 0.717) is 0 Å². The Hall–Kier alpha value is -2.41. The average molecular weight is 348 g/mol. The molecule has 2 rings (SSSR count). The van der Waals surface area contributed by atoms with Crippen LogP contribution in [0.4, 0.5) is 5.69 Å². The number of rotatable bonds is 6. The monoisotopic (exact) mass is 348 g/mol. The first-order chi connectivity index (χ1) is 11.4. The molecule has 1 aromatic carbocycles. The third-order valence-electron chi connectivity index (χ3n) is 3.65. The van der Waals surface area contributed by atoms with Crippen molar-refractivity contribution >= 4 is 28.9 Å². The lowest BCUT2D eigenvalue weighted by Gasteiger charge is -2.21. The first-order valence-corrected chi connectivity index (χ1v) is 8.45. The molecule has 24 heavy (non-hydrogen) atoms. The summed E-state index contributed by atoms with van der Waals surface area (Å²) in [6.07, 6.45) is -0.840. The molecule has 0 saturated heterocycles. The molecule has 0 fully saturated rings. The van der Waals surface area contributed by atoms with E-state index < -0.39 is 12.1 Å². The third-order valence-corrected chi connectivity index (χ3v) is 4.53. The average Bonchev–Trinajstić information content (AvgIpc) is 2.90. The zero-order valence-corrected chi connectivity index (χ0v) is 14.7. The van der Waals surface area contributed by atoms with Crippen LogP contribution in [0.15, 0.2) is 40.5 Å². The van der Waals surface area contributed by atoms with Gasteiger partial charge in [0.25, 0.3) is 5.91 Å². The number of aryl methyl sites for hydroxylation is 1. The largest absolute Gasteiger partial charge is 0.452 e. The van der Waals surface area contributed by atoms with Gasteiger partial charge < -0.3 is 14.2 Å². The van der Waals surface area contributed by atoms with Crippen LogP contribution in [0.25, 0.3) is 0 Å². The third kappa shape index (κ3) is 4.32. The topological polar surface area (TPSA) is 68.6 Å². The standard InChI is InChI=1S/C17H20N2O4S/c1-12-11-24-17(22)19(12)10-9-15(20)23-13(2)16(21)18(3)14-7-5-4-6-8-14/h4-8,11,13H,9-10H2,1-3H3. The van der Waals surface area contributed by atoms with Crippen molar-refractivity contribution in [2.24, 2.45) is 0 Å². The van der Waals surface area contributed by atoms with Crippen LogP contribution in [-0.4, -0.2) is 29.6 Å². The van der Waals surface area contributed by atoms with Crippen LogP contribution in [0.1, 0.15) is 19.0 Å². The predicted octanol–water partition coefficient (Wildman–Crippen LogP) is 2.20. The number of ether oxygens (including phenoxy) is 1. The van der Waals surface area contributed by atoms with E-state index in [4.69, 9.17) is 4.74 Å². The second-order valence-corrected chi connectivity index (χ2v) is 6.23. The molecule has 1 heterocycles. The van der Waals surface area contributed by atoms with Crippen LogP contribution in [0.2, 0.25) is 0 Å². The molecular weight excluding hydrogens is 328 g/mol. The normalized spacial score (nSPS) is 11.8. The summed E-state index contributed by atoms with van der Waals surface area (Å²) >= 11 is 1.10. The van der Waals surface area contributed by atoms with Gasteiger partial charge in [0.15, 0.2) is 6.10 Å². The number of hydrogen-bond acceptors (Lipinski definition) is 5. The minimum atomic E-state index is -0.886. The molecule has 0 spiro atoms. The van der Waals surface area contributed by atoms with Gasteiger partial charge in [-0.2, -0.15) is 0 Å². The van der Waals surface area contributed by atoms with Crippen LogP contribution in [0.3, 0.4) is 0 Å². The first kappa shape index (κ1) is 17.9. The molecule has 7 heteroatoms. The maximum absolute atomic E-state index is 12.3. The molecule has 1 atom stereocenters. The molecule has 0 aliphatic heterocycles. The highest BCUT2D eigenvalue weighted by Gasteiger charge is 2.22. The number of benzene rings is 1. The minimum Gasteiger partial charge on any atom is -0.452 e. The number of para-hydroxylation sites is 1. The van der Waals surface area contributed by atoms with E-state index in [1.54, 1.807) is 31.5 Å². The fraction of sp³-hybridized carbons (Fsp3) is 0.353. The smallest absolute Gasteiger partial charge is 0.308 e. The Balaban J connectivity index is 1.89. The Morgan fingerprint density at radius 1 is 1.29 bits per heavy atom. The summed E-state index contributed by atoms with van der Waals surface area (Å²) in [6.45, 7) is 3.61. The lowest BCUT2D eigenvalue weighted by atomic mass is 10.2. The fourth-order valence-electron chi connectivity index (χ4n) is 2.24. The summed E-state index contributed by atoms with van der Waals surface area (Å²) in [6, 6.07) is 9.13. The van der Waals surface area contributed by atoms with Gasteiger partial charge in [-0.25, -0.2) is 0 Å². The molecule has 6 nitrogen and oxygen atoms in total. The van der Waals surface area contributed by atoms with Crippen molar-refractivity contribution in [3.63, 3.8) is 0 Å². The highest BCUT2D eigenvalue weighted by molar-refractivity contribution is 7.07. The Morgan fingerprint density at radius 3 is 2.54 bits per heavy atom. The number of anilines is 1. The molecule has 1 amide bonds. The Labute approximate surface area is 144 Å². The number of thiazole rings is 1. The highest BCUT2D eigenvalue weighted by atomic mass is 32.1.